The van der Waals surface area contributed by atoms with Crippen molar-refractivity contribution in [3.05, 3.63) is 215 Å². The Morgan fingerprint density at radius 1 is 0.508 bits per heavy atom. The fourth-order valence-corrected chi connectivity index (χ4v) is 10.8. The van der Waals surface area contributed by atoms with E-state index < -0.39 is 0 Å². The Bertz CT molecular complexity index is 2960. The molecule has 3 atom stereocenters. The van der Waals surface area contributed by atoms with Crippen molar-refractivity contribution in [3.63, 3.8) is 0 Å². The molecule has 3 aliphatic rings. The molecule has 0 radical (unpaired) electrons. The van der Waals surface area contributed by atoms with Gasteiger partial charge in [0, 0.05) is 45.4 Å². The molecule has 11 rings (SSSR count). The second kappa shape index (κ2) is 12.8. The molecule has 8 aromatic rings. The number of anilines is 3. The Balaban J connectivity index is 1.13. The third-order valence-electron chi connectivity index (χ3n) is 13.6. The van der Waals surface area contributed by atoms with Crippen molar-refractivity contribution in [2.24, 2.45) is 11.3 Å². The van der Waals surface area contributed by atoms with Gasteiger partial charge in [0.25, 0.3) is 0 Å². The summed E-state index contributed by atoms with van der Waals surface area (Å²) in [6, 6.07) is 61.5. The number of nitrogens with zero attached hydrogens (tertiary/aromatic N) is 2. The molecule has 3 aliphatic carbocycles. The Morgan fingerprint density at radius 3 is 1.81 bits per heavy atom. The summed E-state index contributed by atoms with van der Waals surface area (Å²) in [7, 11) is 0. The van der Waals surface area contributed by atoms with Gasteiger partial charge in [-0.1, -0.05) is 163 Å². The summed E-state index contributed by atoms with van der Waals surface area (Å²) in [5.74, 6) is 0.520. The minimum atomic E-state index is -0.354. The van der Waals surface area contributed by atoms with E-state index in [4.69, 9.17) is 0 Å². The zero-order valence-corrected chi connectivity index (χ0v) is 34.9. The van der Waals surface area contributed by atoms with Crippen molar-refractivity contribution in [2.75, 3.05) is 4.90 Å². The maximum atomic E-state index is 2.66. The van der Waals surface area contributed by atoms with Gasteiger partial charge in [-0.05, 0) is 116 Å². The monoisotopic (exact) mass is 762 g/mol. The van der Waals surface area contributed by atoms with Crippen LogP contribution in [0.15, 0.2) is 188 Å². The SMILES string of the molecule is CC(C)(C)C1=CC2C(C=C1)c1ccc(C(C)(C)C)cc1C21c2ccccc2-c2ccc(N(c3ccccc3)c3ccc(-n4c5ccccc5c5ccccc54)cc3)cc21. The topological polar surface area (TPSA) is 8.17 Å². The summed E-state index contributed by atoms with van der Waals surface area (Å²) in [4.78, 5) is 2.45. The number of hydrogen-bond donors (Lipinski definition) is 0. The average Bonchev–Trinajstić information content (AvgIpc) is 3.85. The van der Waals surface area contributed by atoms with E-state index in [1.54, 1.807) is 0 Å². The van der Waals surface area contributed by atoms with Crippen molar-refractivity contribution >= 4 is 38.9 Å². The number of hydrogen-bond acceptors (Lipinski definition) is 1. The number of fused-ring (bicyclic) bond motifs is 13. The van der Waals surface area contributed by atoms with Gasteiger partial charge in [0.2, 0.25) is 0 Å². The van der Waals surface area contributed by atoms with Crippen LogP contribution in [0.1, 0.15) is 75.3 Å². The number of benzene rings is 7. The van der Waals surface area contributed by atoms with E-state index in [0.717, 1.165) is 22.7 Å². The van der Waals surface area contributed by atoms with E-state index in [1.165, 1.54) is 66.3 Å². The van der Waals surface area contributed by atoms with Crippen LogP contribution in [-0.4, -0.2) is 4.57 Å². The predicted octanol–water partition coefficient (Wildman–Crippen LogP) is 15.1. The van der Waals surface area contributed by atoms with Crippen LogP contribution in [0, 0.1) is 11.3 Å². The van der Waals surface area contributed by atoms with E-state index in [-0.39, 0.29) is 28.1 Å². The van der Waals surface area contributed by atoms with Crippen LogP contribution in [0.25, 0.3) is 38.6 Å². The van der Waals surface area contributed by atoms with E-state index in [1.807, 2.05) is 0 Å². The molecule has 0 aliphatic heterocycles. The quantitative estimate of drug-likeness (QED) is 0.173. The van der Waals surface area contributed by atoms with Crippen molar-refractivity contribution in [3.8, 4) is 16.8 Å². The first-order chi connectivity index (χ1) is 28.5. The maximum absolute atomic E-state index is 2.66. The van der Waals surface area contributed by atoms with Gasteiger partial charge in [-0.3, -0.25) is 0 Å². The average molecular weight is 763 g/mol. The molecule has 288 valence electrons. The Labute approximate surface area is 348 Å². The highest BCUT2D eigenvalue weighted by Crippen LogP contribution is 2.66. The van der Waals surface area contributed by atoms with Crippen LogP contribution >= 0.6 is 0 Å². The smallest absolute Gasteiger partial charge is 0.0541 e. The predicted molar refractivity (Wildman–Crippen MR) is 249 cm³/mol. The molecule has 2 nitrogen and oxygen atoms in total. The lowest BCUT2D eigenvalue weighted by atomic mass is 9.63. The van der Waals surface area contributed by atoms with Gasteiger partial charge < -0.3 is 9.47 Å². The number of allylic oxidation sites excluding steroid dienone is 4. The highest BCUT2D eigenvalue weighted by Gasteiger charge is 2.58. The molecule has 1 spiro atoms. The van der Waals surface area contributed by atoms with Crippen molar-refractivity contribution in [1.82, 2.24) is 4.57 Å². The molecule has 0 fully saturated rings. The third-order valence-corrected chi connectivity index (χ3v) is 13.6. The highest BCUT2D eigenvalue weighted by molar-refractivity contribution is 6.09. The standard InChI is InChI=1S/C57H50N2/c1-55(2,3)37-24-31-44-45-32-25-38(56(4,5)6)35-51(45)57(50(44)34-37)49-21-13-10-18-43(49)46-33-30-42(36-52(46)57)58(39-16-8-7-9-17-39)40-26-28-41(29-27-40)59-53-22-14-11-19-47(53)48-20-12-15-23-54(48)59/h7-36,44,50H,1-6H3. The first-order valence-electron chi connectivity index (χ1n) is 21.3. The molecule has 7 aromatic carbocycles. The highest BCUT2D eigenvalue weighted by atomic mass is 15.1. The molecule has 0 amide bonds. The molecule has 59 heavy (non-hydrogen) atoms. The minimum absolute atomic E-state index is 0.0184. The maximum Gasteiger partial charge on any atom is 0.0541 e. The third kappa shape index (κ3) is 5.25. The number of aromatic nitrogens is 1. The van der Waals surface area contributed by atoms with Crippen LogP contribution in [0.4, 0.5) is 17.1 Å². The second-order valence-corrected chi connectivity index (χ2v) is 19.0. The molecule has 3 unspecified atom stereocenters. The van der Waals surface area contributed by atoms with E-state index >= 15 is 0 Å². The van der Waals surface area contributed by atoms with Crippen molar-refractivity contribution in [2.45, 2.75) is 58.3 Å². The van der Waals surface area contributed by atoms with Gasteiger partial charge in [0.15, 0.2) is 0 Å². The molecule has 0 N–H and O–H groups in total. The van der Waals surface area contributed by atoms with Crippen LogP contribution in [0.5, 0.6) is 0 Å². The summed E-state index contributed by atoms with van der Waals surface area (Å²) >= 11 is 0. The first-order valence-corrected chi connectivity index (χ1v) is 21.3. The van der Waals surface area contributed by atoms with Gasteiger partial charge in [-0.25, -0.2) is 0 Å². The molecule has 2 heteroatoms. The summed E-state index contributed by atoms with van der Waals surface area (Å²) < 4.78 is 2.40. The van der Waals surface area contributed by atoms with E-state index in [9.17, 15) is 0 Å². The fourth-order valence-electron chi connectivity index (χ4n) is 10.8. The van der Waals surface area contributed by atoms with Crippen molar-refractivity contribution in [1.29, 1.82) is 0 Å². The molecular weight excluding hydrogens is 713 g/mol. The largest absolute Gasteiger partial charge is 0.310 e. The zero-order valence-electron chi connectivity index (χ0n) is 34.9. The summed E-state index contributed by atoms with van der Waals surface area (Å²) in [6.07, 6.45) is 7.59. The summed E-state index contributed by atoms with van der Waals surface area (Å²) in [6.45, 7) is 14.1. The molecular formula is C57H50N2. The molecule has 0 bridgehead atoms. The lowest BCUT2D eigenvalue weighted by Gasteiger charge is -2.39. The lowest BCUT2D eigenvalue weighted by molar-refractivity contribution is 0.439. The zero-order chi connectivity index (χ0) is 40.3. The van der Waals surface area contributed by atoms with Gasteiger partial charge >= 0.3 is 0 Å². The fraction of sp³-hybridized carbons (Fsp3) is 0.193. The van der Waals surface area contributed by atoms with Crippen LogP contribution < -0.4 is 4.90 Å². The van der Waals surface area contributed by atoms with Crippen LogP contribution in [-0.2, 0) is 10.8 Å². The molecule has 1 heterocycles. The van der Waals surface area contributed by atoms with E-state index in [2.05, 4.69) is 233 Å². The number of para-hydroxylation sites is 3. The van der Waals surface area contributed by atoms with Crippen LogP contribution in [0.3, 0.4) is 0 Å². The van der Waals surface area contributed by atoms with Crippen molar-refractivity contribution < 1.29 is 0 Å². The van der Waals surface area contributed by atoms with Gasteiger partial charge in [-0.2, -0.15) is 0 Å². The number of rotatable bonds is 4. The molecule has 0 saturated carbocycles. The lowest BCUT2D eigenvalue weighted by Crippen LogP contribution is -2.34. The Morgan fingerprint density at radius 2 is 1.12 bits per heavy atom. The Hall–Kier alpha value is -6.38. The van der Waals surface area contributed by atoms with Gasteiger partial charge in [0.05, 0.1) is 16.4 Å². The molecule has 0 saturated heterocycles. The normalized spacial score (nSPS) is 19.1. The summed E-state index contributed by atoms with van der Waals surface area (Å²) in [5.41, 5.74) is 17.9. The second-order valence-electron chi connectivity index (χ2n) is 19.0. The molecule has 1 aromatic heterocycles. The van der Waals surface area contributed by atoms with Crippen LogP contribution in [0.2, 0.25) is 0 Å². The van der Waals surface area contributed by atoms with Gasteiger partial charge in [-0.15, -0.1) is 0 Å². The summed E-state index contributed by atoms with van der Waals surface area (Å²) in [5, 5.41) is 2.55. The Kier molecular flexibility index (Phi) is 7.76. The van der Waals surface area contributed by atoms with E-state index in [0.29, 0.717) is 0 Å². The van der Waals surface area contributed by atoms with Gasteiger partial charge in [0.1, 0.15) is 0 Å². The first kappa shape index (κ1) is 35.8. The minimum Gasteiger partial charge on any atom is -0.310 e.